The first kappa shape index (κ1) is 11.9. The van der Waals surface area contributed by atoms with Crippen molar-refractivity contribution in [3.8, 4) is 0 Å². The van der Waals surface area contributed by atoms with Crippen LogP contribution < -0.4 is 0 Å². The van der Waals surface area contributed by atoms with Crippen molar-refractivity contribution in [2.24, 2.45) is 0 Å². The van der Waals surface area contributed by atoms with E-state index in [2.05, 4.69) is 0 Å². The van der Waals surface area contributed by atoms with E-state index in [1.807, 2.05) is 0 Å². The molecular weight excluding hydrogens is 250 g/mol. The van der Waals surface area contributed by atoms with E-state index >= 15 is 0 Å². The standard InChI is InChI=1S/C10H12ClNO3S/c1-8-9(11)4-2-5-10(8)16(13,14)12-6-3-7-15-12/h2,4-5H,3,6-7H2,1H3. The summed E-state index contributed by atoms with van der Waals surface area (Å²) in [4.78, 5) is 5.28. The zero-order valence-corrected chi connectivity index (χ0v) is 10.4. The molecule has 88 valence electrons. The number of nitrogens with zero attached hydrogens (tertiary/aromatic N) is 1. The third-order valence-electron chi connectivity index (χ3n) is 2.48. The van der Waals surface area contributed by atoms with Crippen molar-refractivity contribution in [3.05, 3.63) is 28.8 Å². The molecule has 1 fully saturated rings. The van der Waals surface area contributed by atoms with Gasteiger partial charge in [0.15, 0.2) is 0 Å². The predicted octanol–water partition coefficient (Wildman–Crippen LogP) is 1.97. The largest absolute Gasteiger partial charge is 0.284 e. The number of sulfonamides is 1. The van der Waals surface area contributed by atoms with Gasteiger partial charge in [0.2, 0.25) is 0 Å². The molecule has 0 saturated carbocycles. The number of rotatable bonds is 2. The Morgan fingerprint density at radius 2 is 2.19 bits per heavy atom. The molecule has 0 amide bonds. The summed E-state index contributed by atoms with van der Waals surface area (Å²) in [5.74, 6) is 0. The Balaban J connectivity index is 2.47. The van der Waals surface area contributed by atoms with E-state index in [-0.39, 0.29) is 4.90 Å². The summed E-state index contributed by atoms with van der Waals surface area (Å²) in [7, 11) is -3.57. The van der Waals surface area contributed by atoms with E-state index in [4.69, 9.17) is 16.4 Å². The Labute approximate surface area is 99.8 Å². The highest BCUT2D eigenvalue weighted by Gasteiger charge is 2.30. The molecule has 0 aliphatic carbocycles. The van der Waals surface area contributed by atoms with Crippen LogP contribution in [-0.2, 0) is 14.9 Å². The van der Waals surface area contributed by atoms with E-state index in [0.717, 1.165) is 10.9 Å². The molecule has 1 aliphatic rings. The fourth-order valence-electron chi connectivity index (χ4n) is 1.59. The highest BCUT2D eigenvalue weighted by molar-refractivity contribution is 7.89. The van der Waals surface area contributed by atoms with Crippen LogP contribution in [0.25, 0.3) is 0 Å². The average molecular weight is 262 g/mol. The van der Waals surface area contributed by atoms with Crippen LogP contribution in [0.1, 0.15) is 12.0 Å². The number of halogens is 1. The van der Waals surface area contributed by atoms with Crippen LogP contribution in [0.3, 0.4) is 0 Å². The predicted molar refractivity (Wildman–Crippen MR) is 60.6 cm³/mol. The summed E-state index contributed by atoms with van der Waals surface area (Å²) in [5.41, 5.74) is 0.555. The summed E-state index contributed by atoms with van der Waals surface area (Å²) in [6.45, 7) is 2.53. The van der Waals surface area contributed by atoms with Gasteiger partial charge in [-0.1, -0.05) is 22.1 Å². The smallest absolute Gasteiger partial charge is 0.265 e. The Morgan fingerprint density at radius 3 is 2.81 bits per heavy atom. The van der Waals surface area contributed by atoms with E-state index in [1.165, 1.54) is 6.07 Å². The normalized spacial score (nSPS) is 17.9. The van der Waals surface area contributed by atoms with Crippen LogP contribution in [-0.4, -0.2) is 26.0 Å². The van der Waals surface area contributed by atoms with Crippen molar-refractivity contribution in [2.45, 2.75) is 18.2 Å². The molecule has 4 nitrogen and oxygen atoms in total. The highest BCUT2D eigenvalue weighted by Crippen LogP contribution is 2.26. The van der Waals surface area contributed by atoms with Crippen molar-refractivity contribution in [3.63, 3.8) is 0 Å². The quantitative estimate of drug-likeness (QED) is 0.818. The second-order valence-corrected chi connectivity index (χ2v) is 5.79. The lowest BCUT2D eigenvalue weighted by Crippen LogP contribution is -2.27. The number of benzene rings is 1. The lowest BCUT2D eigenvalue weighted by atomic mass is 10.2. The summed E-state index contributed by atoms with van der Waals surface area (Å²) < 4.78 is 25.3. The van der Waals surface area contributed by atoms with Crippen LogP contribution in [0.4, 0.5) is 0 Å². The van der Waals surface area contributed by atoms with E-state index in [0.29, 0.717) is 23.7 Å². The molecule has 1 heterocycles. The maximum Gasteiger partial charge on any atom is 0.265 e. The first-order chi connectivity index (χ1) is 7.53. The van der Waals surface area contributed by atoms with E-state index < -0.39 is 10.0 Å². The highest BCUT2D eigenvalue weighted by atomic mass is 35.5. The zero-order chi connectivity index (χ0) is 11.8. The molecule has 0 radical (unpaired) electrons. The summed E-state index contributed by atoms with van der Waals surface area (Å²) >= 11 is 5.90. The number of hydroxylamine groups is 1. The molecule has 2 rings (SSSR count). The fourth-order valence-corrected chi connectivity index (χ4v) is 3.37. The van der Waals surface area contributed by atoms with Gasteiger partial charge in [-0.2, -0.15) is 0 Å². The molecule has 0 unspecified atom stereocenters. The van der Waals surface area contributed by atoms with E-state index in [9.17, 15) is 8.42 Å². The minimum Gasteiger partial charge on any atom is -0.284 e. The van der Waals surface area contributed by atoms with Crippen molar-refractivity contribution < 1.29 is 13.3 Å². The Hall–Kier alpha value is -0.620. The molecule has 0 atom stereocenters. The van der Waals surface area contributed by atoms with Crippen molar-refractivity contribution >= 4 is 21.6 Å². The van der Waals surface area contributed by atoms with Gasteiger partial charge in [-0.15, -0.1) is 0 Å². The van der Waals surface area contributed by atoms with E-state index in [1.54, 1.807) is 19.1 Å². The van der Waals surface area contributed by atoms with Gasteiger partial charge in [-0.25, -0.2) is 8.42 Å². The van der Waals surface area contributed by atoms with Crippen LogP contribution in [0.5, 0.6) is 0 Å². The van der Waals surface area contributed by atoms with Gasteiger partial charge in [0.1, 0.15) is 0 Å². The second kappa shape index (κ2) is 4.33. The molecule has 0 aromatic heterocycles. The van der Waals surface area contributed by atoms with Gasteiger partial charge in [0.25, 0.3) is 10.0 Å². The minimum absolute atomic E-state index is 0.210. The monoisotopic (exact) mass is 261 g/mol. The minimum atomic E-state index is -3.57. The SMILES string of the molecule is Cc1c(Cl)cccc1S(=O)(=O)N1CCCO1. The van der Waals surface area contributed by atoms with Gasteiger partial charge >= 0.3 is 0 Å². The third-order valence-corrected chi connectivity index (χ3v) is 4.72. The molecule has 1 saturated heterocycles. The Bertz CT molecular complexity index is 495. The maximum absolute atomic E-state index is 12.1. The first-order valence-electron chi connectivity index (χ1n) is 4.94. The van der Waals surface area contributed by atoms with Crippen LogP contribution >= 0.6 is 11.6 Å². The molecular formula is C10H12ClNO3S. The van der Waals surface area contributed by atoms with Gasteiger partial charge < -0.3 is 0 Å². The first-order valence-corrected chi connectivity index (χ1v) is 6.76. The van der Waals surface area contributed by atoms with Gasteiger partial charge in [-0.3, -0.25) is 4.84 Å². The molecule has 1 aliphatic heterocycles. The Morgan fingerprint density at radius 1 is 1.44 bits per heavy atom. The van der Waals surface area contributed by atoms with Crippen LogP contribution in [0, 0.1) is 6.92 Å². The van der Waals surface area contributed by atoms with Crippen molar-refractivity contribution in [1.29, 1.82) is 0 Å². The van der Waals surface area contributed by atoms with Gasteiger partial charge in [-0.05, 0) is 31.0 Å². The van der Waals surface area contributed by atoms with Gasteiger partial charge in [0.05, 0.1) is 11.5 Å². The zero-order valence-electron chi connectivity index (χ0n) is 8.81. The lowest BCUT2D eigenvalue weighted by molar-refractivity contribution is -0.0284. The molecule has 16 heavy (non-hydrogen) atoms. The molecule has 6 heteroatoms. The summed E-state index contributed by atoms with van der Waals surface area (Å²) in [6.07, 6.45) is 0.721. The topological polar surface area (TPSA) is 46.6 Å². The van der Waals surface area contributed by atoms with Crippen LogP contribution in [0.15, 0.2) is 23.1 Å². The summed E-state index contributed by atoms with van der Waals surface area (Å²) in [6, 6.07) is 4.83. The molecule has 1 aromatic rings. The molecule has 0 N–H and O–H groups in total. The number of hydrogen-bond donors (Lipinski definition) is 0. The third kappa shape index (κ3) is 1.96. The van der Waals surface area contributed by atoms with Gasteiger partial charge in [0, 0.05) is 11.6 Å². The Kier molecular flexibility index (Phi) is 3.21. The van der Waals surface area contributed by atoms with Crippen molar-refractivity contribution in [2.75, 3.05) is 13.2 Å². The molecule has 0 bridgehead atoms. The molecule has 1 aromatic carbocycles. The number of hydrogen-bond acceptors (Lipinski definition) is 3. The van der Waals surface area contributed by atoms with Crippen molar-refractivity contribution in [1.82, 2.24) is 4.47 Å². The van der Waals surface area contributed by atoms with Crippen LogP contribution in [0.2, 0.25) is 5.02 Å². The lowest BCUT2D eigenvalue weighted by Gasteiger charge is -2.16. The summed E-state index contributed by atoms with van der Waals surface area (Å²) in [5, 5.41) is 0.445. The maximum atomic E-state index is 12.1. The second-order valence-electron chi connectivity index (χ2n) is 3.58. The average Bonchev–Trinajstić information content (AvgIpc) is 2.75. The molecule has 0 spiro atoms. The fraction of sp³-hybridized carbons (Fsp3) is 0.400.